The number of amidine groups is 1. The highest BCUT2D eigenvalue weighted by Crippen LogP contribution is 2.37. The van der Waals surface area contributed by atoms with E-state index < -0.39 is 27.8 Å². The number of carbonyl (C=O) groups is 1. The molecule has 1 saturated heterocycles. The van der Waals surface area contributed by atoms with Crippen LogP contribution in [0.3, 0.4) is 0 Å². The van der Waals surface area contributed by atoms with E-state index in [-0.39, 0.29) is 24.2 Å². The molecule has 2 aliphatic heterocycles. The van der Waals surface area contributed by atoms with Gasteiger partial charge in [-0.2, -0.15) is 18.3 Å². The molecule has 0 aliphatic carbocycles. The minimum Gasteiger partial charge on any atom is -0.497 e. The van der Waals surface area contributed by atoms with Crippen LogP contribution in [0.15, 0.2) is 52.9 Å². The van der Waals surface area contributed by atoms with Crippen molar-refractivity contribution in [3.8, 4) is 11.4 Å². The third-order valence-electron chi connectivity index (χ3n) is 6.95. The number of fused-ring (bicyclic) bond motifs is 1. The van der Waals surface area contributed by atoms with Gasteiger partial charge in [-0.3, -0.25) is 4.79 Å². The fourth-order valence-corrected chi connectivity index (χ4v) is 5.63. The smallest absolute Gasteiger partial charge is 0.435 e. The molecule has 5 rings (SSSR count). The number of nitrogens with zero attached hydrogens (tertiary/aromatic N) is 5. The lowest BCUT2D eigenvalue weighted by Gasteiger charge is -2.30. The van der Waals surface area contributed by atoms with Crippen molar-refractivity contribution in [1.29, 1.82) is 0 Å². The number of hydrogen-bond donors (Lipinski definition) is 0. The molecule has 0 spiro atoms. The van der Waals surface area contributed by atoms with Crippen LogP contribution < -0.4 is 9.64 Å². The minimum atomic E-state index is -4.73. The van der Waals surface area contributed by atoms with Gasteiger partial charge < -0.3 is 14.5 Å². The van der Waals surface area contributed by atoms with Crippen LogP contribution in [0.25, 0.3) is 5.69 Å². The van der Waals surface area contributed by atoms with Crippen LogP contribution in [0.1, 0.15) is 46.6 Å². The number of benzene rings is 2. The molecule has 3 aromatic rings. The Balaban J connectivity index is 1.51. The standard InChI is InChI=1S/C27H28F3N5O4S/c1-39-21-12-10-20(11-13-21)35-23-22(24(31-35)27(28,29)30)14-17-34(26(23)36)19-8-6-18(7-9-19)25(32-40(2,37)38)33-15-4-3-5-16-33/h6-13H,3-5,14-17H2,1-2H3. The highest BCUT2D eigenvalue weighted by atomic mass is 32.2. The summed E-state index contributed by atoms with van der Waals surface area (Å²) in [5.74, 6) is 0.236. The Morgan fingerprint density at radius 2 is 1.57 bits per heavy atom. The molecular formula is C27H28F3N5O4S. The van der Waals surface area contributed by atoms with Gasteiger partial charge in [-0.05, 0) is 74.2 Å². The maximum atomic E-state index is 13.9. The third-order valence-corrected chi connectivity index (χ3v) is 7.45. The van der Waals surface area contributed by atoms with Crippen LogP contribution in [0.4, 0.5) is 18.9 Å². The number of likely N-dealkylation sites (tertiary alicyclic amines) is 1. The highest BCUT2D eigenvalue weighted by Gasteiger charge is 2.43. The molecule has 212 valence electrons. The maximum absolute atomic E-state index is 13.9. The molecule has 13 heteroatoms. The fourth-order valence-electron chi connectivity index (χ4n) is 5.09. The highest BCUT2D eigenvalue weighted by molar-refractivity contribution is 7.89. The number of carbonyl (C=O) groups excluding carboxylic acids is 1. The van der Waals surface area contributed by atoms with Gasteiger partial charge in [0.05, 0.1) is 19.1 Å². The Labute approximate surface area is 229 Å². The maximum Gasteiger partial charge on any atom is 0.435 e. The molecule has 0 bridgehead atoms. The number of sulfonamides is 1. The summed E-state index contributed by atoms with van der Waals surface area (Å²) in [5.41, 5.74) is -0.0444. The van der Waals surface area contributed by atoms with Crippen LogP contribution in [0.5, 0.6) is 5.75 Å². The number of aromatic nitrogens is 2. The van der Waals surface area contributed by atoms with E-state index in [9.17, 15) is 26.4 Å². The molecule has 9 nitrogen and oxygen atoms in total. The van der Waals surface area contributed by atoms with Gasteiger partial charge >= 0.3 is 6.18 Å². The summed E-state index contributed by atoms with van der Waals surface area (Å²) in [6.07, 6.45) is -0.821. The zero-order valence-electron chi connectivity index (χ0n) is 22.0. The number of piperidine rings is 1. The number of methoxy groups -OCH3 is 1. The average molecular weight is 576 g/mol. The number of hydrogen-bond acceptors (Lipinski definition) is 5. The topological polar surface area (TPSA) is 97.1 Å². The molecule has 1 fully saturated rings. The van der Waals surface area contributed by atoms with Crippen LogP contribution in [-0.2, 0) is 22.6 Å². The first-order valence-corrected chi connectivity index (χ1v) is 14.6. The summed E-state index contributed by atoms with van der Waals surface area (Å²) >= 11 is 0. The van der Waals surface area contributed by atoms with Crippen molar-refractivity contribution >= 4 is 27.5 Å². The molecule has 3 heterocycles. The van der Waals surface area contributed by atoms with Gasteiger partial charge in [0, 0.05) is 36.4 Å². The van der Waals surface area contributed by atoms with Gasteiger partial charge in [0.25, 0.3) is 15.9 Å². The number of anilines is 1. The third kappa shape index (κ3) is 5.55. The second-order valence-corrected chi connectivity index (χ2v) is 11.4. The normalized spacial score (nSPS) is 16.7. The van der Waals surface area contributed by atoms with Gasteiger partial charge in [0.15, 0.2) is 5.69 Å². The fraction of sp³-hybridized carbons (Fsp3) is 0.370. The Bertz CT molecular complexity index is 1540. The van der Waals surface area contributed by atoms with E-state index in [0.717, 1.165) is 30.2 Å². The van der Waals surface area contributed by atoms with Crippen molar-refractivity contribution in [1.82, 2.24) is 14.7 Å². The lowest BCUT2D eigenvalue weighted by Crippen LogP contribution is -2.39. The first-order chi connectivity index (χ1) is 19.0. The molecule has 1 aromatic heterocycles. The second kappa shape index (κ2) is 10.6. The van der Waals surface area contributed by atoms with Crippen molar-refractivity contribution in [2.45, 2.75) is 31.9 Å². The molecule has 0 saturated carbocycles. The first-order valence-electron chi connectivity index (χ1n) is 12.8. The van der Waals surface area contributed by atoms with Crippen molar-refractivity contribution in [2.75, 3.05) is 37.9 Å². The molecule has 2 aromatic carbocycles. The Morgan fingerprint density at radius 3 is 2.15 bits per heavy atom. The van der Waals surface area contributed by atoms with E-state index in [0.29, 0.717) is 41.6 Å². The number of amides is 1. The molecule has 0 unspecified atom stereocenters. The summed E-state index contributed by atoms with van der Waals surface area (Å²) in [4.78, 5) is 17.0. The predicted molar refractivity (Wildman–Crippen MR) is 144 cm³/mol. The molecule has 40 heavy (non-hydrogen) atoms. The van der Waals surface area contributed by atoms with Crippen LogP contribution in [0, 0.1) is 0 Å². The summed E-state index contributed by atoms with van der Waals surface area (Å²) in [5, 5.41) is 3.82. The van der Waals surface area contributed by atoms with E-state index in [2.05, 4.69) is 9.50 Å². The van der Waals surface area contributed by atoms with Crippen LogP contribution in [-0.4, -0.2) is 67.8 Å². The SMILES string of the molecule is COc1ccc(-n2nc(C(F)(F)F)c3c2C(=O)N(c2ccc(C(=NS(C)(=O)=O)N4CCCCC4)cc2)CC3)cc1. The zero-order valence-corrected chi connectivity index (χ0v) is 22.8. The molecule has 2 aliphatic rings. The van der Waals surface area contributed by atoms with Crippen molar-refractivity contribution in [3.05, 3.63) is 71.0 Å². The van der Waals surface area contributed by atoms with Gasteiger partial charge in [-0.15, -0.1) is 4.40 Å². The van der Waals surface area contributed by atoms with Gasteiger partial charge in [0.1, 0.15) is 17.3 Å². The molecule has 1 amide bonds. The van der Waals surface area contributed by atoms with Crippen molar-refractivity contribution in [2.24, 2.45) is 4.40 Å². The van der Waals surface area contributed by atoms with Gasteiger partial charge in [-0.1, -0.05) is 0 Å². The predicted octanol–water partition coefficient (Wildman–Crippen LogP) is 4.29. The number of ether oxygens (including phenoxy) is 1. The average Bonchev–Trinajstić information content (AvgIpc) is 3.34. The lowest BCUT2D eigenvalue weighted by atomic mass is 10.0. The van der Waals surface area contributed by atoms with Gasteiger partial charge in [-0.25, -0.2) is 13.1 Å². The minimum absolute atomic E-state index is 0.0268. The quantitative estimate of drug-likeness (QED) is 0.333. The van der Waals surface area contributed by atoms with Crippen LogP contribution >= 0.6 is 0 Å². The second-order valence-electron chi connectivity index (χ2n) is 9.73. The van der Waals surface area contributed by atoms with E-state index in [1.54, 1.807) is 36.4 Å². The Morgan fingerprint density at radius 1 is 0.950 bits per heavy atom. The monoisotopic (exact) mass is 575 g/mol. The number of halogens is 3. The Hall–Kier alpha value is -3.87. The Kier molecular flexibility index (Phi) is 7.34. The van der Waals surface area contributed by atoms with Crippen molar-refractivity contribution in [3.63, 3.8) is 0 Å². The largest absolute Gasteiger partial charge is 0.497 e. The number of rotatable bonds is 5. The van der Waals surface area contributed by atoms with E-state index in [4.69, 9.17) is 4.74 Å². The van der Waals surface area contributed by atoms with E-state index in [1.807, 2.05) is 4.90 Å². The summed E-state index contributed by atoms with van der Waals surface area (Å²) in [6, 6.07) is 12.9. The number of alkyl halides is 3. The summed E-state index contributed by atoms with van der Waals surface area (Å²) in [7, 11) is -2.19. The van der Waals surface area contributed by atoms with E-state index >= 15 is 0 Å². The molecule has 0 radical (unpaired) electrons. The lowest BCUT2D eigenvalue weighted by molar-refractivity contribution is -0.141. The van der Waals surface area contributed by atoms with Crippen LogP contribution in [0.2, 0.25) is 0 Å². The van der Waals surface area contributed by atoms with E-state index in [1.165, 1.54) is 24.1 Å². The molecular weight excluding hydrogens is 547 g/mol. The molecule has 0 N–H and O–H groups in total. The molecule has 0 atom stereocenters. The summed E-state index contributed by atoms with van der Waals surface area (Å²) in [6.45, 7) is 1.39. The summed E-state index contributed by atoms with van der Waals surface area (Å²) < 4.78 is 75.9. The zero-order chi connectivity index (χ0) is 28.7. The van der Waals surface area contributed by atoms with Crippen molar-refractivity contribution < 1.29 is 31.1 Å². The first kappa shape index (κ1) is 27.7. The van der Waals surface area contributed by atoms with Gasteiger partial charge in [0.2, 0.25) is 0 Å².